The van der Waals surface area contributed by atoms with E-state index >= 15 is 0 Å². The van der Waals surface area contributed by atoms with Gasteiger partial charge in [0, 0.05) is 23.2 Å². The molecule has 0 spiro atoms. The van der Waals surface area contributed by atoms with Crippen LogP contribution in [0.25, 0.3) is 10.9 Å². The quantitative estimate of drug-likeness (QED) is 0.750. The van der Waals surface area contributed by atoms with Crippen LogP contribution < -0.4 is 9.47 Å². The Kier molecular flexibility index (Phi) is 3.85. The van der Waals surface area contributed by atoms with Gasteiger partial charge in [0.2, 0.25) is 0 Å². The molecular weight excluding hydrogens is 314 g/mol. The normalized spacial score (nSPS) is 15.6. The molecule has 2 aromatic carbocycles. The highest BCUT2D eigenvalue weighted by Crippen LogP contribution is 2.46. The van der Waals surface area contributed by atoms with Gasteiger partial charge in [0.1, 0.15) is 17.2 Å². The fourth-order valence-electron chi connectivity index (χ4n) is 3.28. The second kappa shape index (κ2) is 6.05. The molecule has 0 bridgehead atoms. The van der Waals surface area contributed by atoms with Crippen molar-refractivity contribution in [1.29, 1.82) is 0 Å². The van der Waals surface area contributed by atoms with E-state index in [1.807, 2.05) is 49.4 Å². The zero-order valence-electron chi connectivity index (χ0n) is 14.5. The second-order valence-electron chi connectivity index (χ2n) is 6.68. The molecule has 0 unspecified atom stereocenters. The third-order valence-electron chi connectivity index (χ3n) is 4.95. The molecule has 1 saturated carbocycles. The minimum atomic E-state index is -0.809. The van der Waals surface area contributed by atoms with Crippen molar-refractivity contribution in [2.75, 3.05) is 7.11 Å². The first-order valence-corrected chi connectivity index (χ1v) is 8.53. The fourth-order valence-corrected chi connectivity index (χ4v) is 3.28. The molecule has 0 amide bonds. The van der Waals surface area contributed by atoms with Crippen molar-refractivity contribution in [2.24, 2.45) is 0 Å². The number of pyridine rings is 1. The van der Waals surface area contributed by atoms with E-state index in [2.05, 4.69) is 4.98 Å². The summed E-state index contributed by atoms with van der Waals surface area (Å²) in [6.45, 7) is 2.05. The van der Waals surface area contributed by atoms with Crippen LogP contribution in [0.3, 0.4) is 0 Å². The molecule has 3 aromatic rings. The van der Waals surface area contributed by atoms with Gasteiger partial charge in [-0.15, -0.1) is 0 Å². The minimum absolute atomic E-state index is 0.676. The van der Waals surface area contributed by atoms with Gasteiger partial charge in [-0.05, 0) is 50.5 Å². The lowest BCUT2D eigenvalue weighted by atomic mass is 9.74. The number of fused-ring (bicyclic) bond motifs is 1. The highest BCUT2D eigenvalue weighted by atomic mass is 16.5. The number of ether oxygens (including phenoxy) is 2. The summed E-state index contributed by atoms with van der Waals surface area (Å²) in [5, 5.41) is 11.7. The van der Waals surface area contributed by atoms with Crippen molar-refractivity contribution >= 4 is 10.9 Å². The van der Waals surface area contributed by atoms with Crippen molar-refractivity contribution in [3.8, 4) is 17.2 Å². The third-order valence-corrected chi connectivity index (χ3v) is 4.95. The number of aromatic nitrogens is 1. The molecule has 128 valence electrons. The summed E-state index contributed by atoms with van der Waals surface area (Å²) in [5.74, 6) is 2.17. The van der Waals surface area contributed by atoms with E-state index in [-0.39, 0.29) is 0 Å². The topological polar surface area (TPSA) is 51.6 Å². The predicted molar refractivity (Wildman–Crippen MR) is 97.3 cm³/mol. The van der Waals surface area contributed by atoms with Crippen molar-refractivity contribution in [2.45, 2.75) is 31.8 Å². The van der Waals surface area contributed by atoms with Gasteiger partial charge >= 0.3 is 0 Å². The van der Waals surface area contributed by atoms with Crippen LogP contribution in [-0.4, -0.2) is 17.2 Å². The van der Waals surface area contributed by atoms with E-state index in [1.165, 1.54) is 5.56 Å². The first-order valence-electron chi connectivity index (χ1n) is 8.53. The predicted octanol–water partition coefficient (Wildman–Crippen LogP) is 4.72. The standard InChI is InChI=1S/C21H21NO3/c1-14-4-6-15(7-5-14)25-19-8-11-22-18-13-20(24-2)17(12-16(18)19)21(23)9-3-10-21/h4-8,11-13,23H,3,9-10H2,1-2H3. The van der Waals surface area contributed by atoms with Crippen LogP contribution >= 0.6 is 0 Å². The highest BCUT2D eigenvalue weighted by Gasteiger charge is 2.39. The molecule has 1 fully saturated rings. The number of nitrogens with zero attached hydrogens (tertiary/aromatic N) is 1. The lowest BCUT2D eigenvalue weighted by Gasteiger charge is -2.38. The monoisotopic (exact) mass is 335 g/mol. The van der Waals surface area contributed by atoms with Crippen LogP contribution in [0.5, 0.6) is 17.2 Å². The van der Waals surface area contributed by atoms with Crippen molar-refractivity contribution in [1.82, 2.24) is 4.98 Å². The summed E-state index contributed by atoms with van der Waals surface area (Å²) in [4.78, 5) is 4.43. The lowest BCUT2D eigenvalue weighted by molar-refractivity contribution is -0.0403. The van der Waals surface area contributed by atoms with Crippen LogP contribution in [-0.2, 0) is 5.60 Å². The average molecular weight is 335 g/mol. The zero-order chi connectivity index (χ0) is 17.4. The van der Waals surface area contributed by atoms with E-state index in [9.17, 15) is 5.11 Å². The maximum absolute atomic E-state index is 10.8. The van der Waals surface area contributed by atoms with Gasteiger partial charge in [-0.25, -0.2) is 0 Å². The lowest BCUT2D eigenvalue weighted by Crippen LogP contribution is -2.34. The molecule has 0 radical (unpaired) electrons. The number of aryl methyl sites for hydroxylation is 1. The summed E-state index contributed by atoms with van der Waals surface area (Å²) in [6, 6.07) is 13.6. The van der Waals surface area contributed by atoms with E-state index < -0.39 is 5.60 Å². The van der Waals surface area contributed by atoms with Crippen molar-refractivity contribution in [3.63, 3.8) is 0 Å². The van der Waals surface area contributed by atoms with Crippen LogP contribution in [0.15, 0.2) is 48.7 Å². The summed E-state index contributed by atoms with van der Waals surface area (Å²) in [7, 11) is 1.62. The second-order valence-corrected chi connectivity index (χ2v) is 6.68. The fraction of sp³-hybridized carbons (Fsp3) is 0.286. The Morgan fingerprint density at radius 1 is 1.04 bits per heavy atom. The zero-order valence-corrected chi connectivity index (χ0v) is 14.5. The summed E-state index contributed by atoms with van der Waals surface area (Å²) in [5.41, 5.74) is 1.98. The molecule has 0 atom stereocenters. The molecule has 4 rings (SSSR count). The maximum Gasteiger partial charge on any atom is 0.138 e. The molecule has 0 aliphatic heterocycles. The summed E-state index contributed by atoms with van der Waals surface area (Å²) >= 11 is 0. The van der Waals surface area contributed by atoms with E-state index in [1.54, 1.807) is 13.3 Å². The molecule has 25 heavy (non-hydrogen) atoms. The first-order chi connectivity index (χ1) is 12.1. The largest absolute Gasteiger partial charge is 0.496 e. The Morgan fingerprint density at radius 2 is 1.80 bits per heavy atom. The number of hydrogen-bond acceptors (Lipinski definition) is 4. The molecule has 1 aromatic heterocycles. The number of methoxy groups -OCH3 is 1. The summed E-state index contributed by atoms with van der Waals surface area (Å²) in [6.07, 6.45) is 4.26. The smallest absolute Gasteiger partial charge is 0.138 e. The van der Waals surface area contributed by atoms with Crippen LogP contribution in [0.4, 0.5) is 0 Å². The Hall–Kier alpha value is -2.59. The van der Waals surface area contributed by atoms with Crippen molar-refractivity contribution < 1.29 is 14.6 Å². The van der Waals surface area contributed by atoms with Gasteiger partial charge in [-0.3, -0.25) is 4.98 Å². The van der Waals surface area contributed by atoms with Gasteiger partial charge in [0.25, 0.3) is 0 Å². The molecule has 4 heteroatoms. The molecule has 1 N–H and O–H groups in total. The molecule has 1 heterocycles. The van der Waals surface area contributed by atoms with Gasteiger partial charge in [0.05, 0.1) is 18.2 Å². The van der Waals surface area contributed by atoms with Crippen LogP contribution in [0.1, 0.15) is 30.4 Å². The van der Waals surface area contributed by atoms with E-state index in [4.69, 9.17) is 9.47 Å². The molecular formula is C21H21NO3. The number of aliphatic hydroxyl groups is 1. The number of benzene rings is 2. The minimum Gasteiger partial charge on any atom is -0.496 e. The van der Waals surface area contributed by atoms with Gasteiger partial charge in [0.15, 0.2) is 0 Å². The van der Waals surface area contributed by atoms with E-state index in [0.29, 0.717) is 5.75 Å². The Balaban J connectivity index is 1.82. The van der Waals surface area contributed by atoms with Gasteiger partial charge in [-0.2, -0.15) is 0 Å². The number of rotatable bonds is 4. The molecule has 0 saturated heterocycles. The molecule has 4 nitrogen and oxygen atoms in total. The number of hydrogen-bond donors (Lipinski definition) is 1. The summed E-state index contributed by atoms with van der Waals surface area (Å²) < 4.78 is 11.6. The molecule has 1 aliphatic rings. The Labute approximate surface area is 147 Å². The van der Waals surface area contributed by atoms with Gasteiger partial charge < -0.3 is 14.6 Å². The first kappa shape index (κ1) is 15.9. The van der Waals surface area contributed by atoms with Crippen LogP contribution in [0.2, 0.25) is 0 Å². The van der Waals surface area contributed by atoms with Gasteiger partial charge in [-0.1, -0.05) is 17.7 Å². The maximum atomic E-state index is 10.8. The third kappa shape index (κ3) is 2.83. The van der Waals surface area contributed by atoms with Crippen LogP contribution in [0, 0.1) is 6.92 Å². The Morgan fingerprint density at radius 3 is 2.44 bits per heavy atom. The molecule has 1 aliphatic carbocycles. The van der Waals surface area contributed by atoms with E-state index in [0.717, 1.165) is 47.2 Å². The highest BCUT2D eigenvalue weighted by molar-refractivity contribution is 5.87. The average Bonchev–Trinajstić information content (AvgIpc) is 2.61. The van der Waals surface area contributed by atoms with Crippen molar-refractivity contribution in [3.05, 3.63) is 59.8 Å². The SMILES string of the molecule is COc1cc2nccc(Oc3ccc(C)cc3)c2cc1C1(O)CCC1. The Bertz CT molecular complexity index is 914.